The highest BCUT2D eigenvalue weighted by Crippen LogP contribution is 2.16. The Morgan fingerprint density at radius 1 is 1.30 bits per heavy atom. The van der Waals surface area contributed by atoms with Crippen LogP contribution in [0.5, 0.6) is 0 Å². The number of thiophene rings is 1. The molecule has 0 aliphatic rings. The first-order valence-corrected chi connectivity index (χ1v) is 9.56. The summed E-state index contributed by atoms with van der Waals surface area (Å²) in [5, 5.41) is 13.2. The van der Waals surface area contributed by atoms with Crippen LogP contribution in [-0.4, -0.2) is 38.0 Å². The number of aliphatic carboxylic acids is 1. The third-order valence-electron chi connectivity index (χ3n) is 3.11. The molecule has 0 fully saturated rings. The molecule has 0 saturated heterocycles. The standard InChI is InChI=1S/C14H22N2O5S2/c1-9(2)7-11(14(18)19)8-15-13(17)10(3)16-23(20,21)12-5-4-6-22-12/h4-6,9-11,16H,7-8H2,1-3H3,(H,15,17)(H,18,19). The molecular formula is C14H22N2O5S2. The van der Waals surface area contributed by atoms with Gasteiger partial charge in [-0.1, -0.05) is 19.9 Å². The maximum Gasteiger partial charge on any atom is 0.308 e. The van der Waals surface area contributed by atoms with Crippen molar-refractivity contribution in [3.63, 3.8) is 0 Å². The first kappa shape index (κ1) is 19.6. The number of carbonyl (C=O) groups excluding carboxylic acids is 1. The van der Waals surface area contributed by atoms with Gasteiger partial charge in [0.15, 0.2) is 0 Å². The normalized spacial score (nSPS) is 14.4. The fourth-order valence-corrected chi connectivity index (χ4v) is 4.19. The van der Waals surface area contributed by atoms with Gasteiger partial charge in [-0.15, -0.1) is 11.3 Å². The summed E-state index contributed by atoms with van der Waals surface area (Å²) in [6.07, 6.45) is 0.435. The van der Waals surface area contributed by atoms with Crippen molar-refractivity contribution in [2.45, 2.75) is 37.4 Å². The van der Waals surface area contributed by atoms with Gasteiger partial charge in [-0.2, -0.15) is 4.72 Å². The lowest BCUT2D eigenvalue weighted by Gasteiger charge is -2.18. The van der Waals surface area contributed by atoms with E-state index in [0.29, 0.717) is 6.42 Å². The average Bonchev–Trinajstić information content (AvgIpc) is 2.96. The summed E-state index contributed by atoms with van der Waals surface area (Å²) in [6, 6.07) is 2.06. The summed E-state index contributed by atoms with van der Waals surface area (Å²) >= 11 is 1.05. The molecule has 0 spiro atoms. The molecule has 1 amide bonds. The minimum absolute atomic E-state index is 0.0303. The van der Waals surface area contributed by atoms with E-state index in [2.05, 4.69) is 10.0 Å². The van der Waals surface area contributed by atoms with E-state index in [1.807, 2.05) is 13.8 Å². The molecule has 1 aromatic heterocycles. The molecule has 1 aromatic rings. The molecule has 2 atom stereocenters. The maximum absolute atomic E-state index is 12.0. The highest BCUT2D eigenvalue weighted by molar-refractivity contribution is 7.91. The Bertz CT molecular complexity index is 626. The zero-order chi connectivity index (χ0) is 17.6. The molecule has 1 heterocycles. The van der Waals surface area contributed by atoms with Crippen LogP contribution in [0, 0.1) is 11.8 Å². The first-order chi connectivity index (χ1) is 10.6. The van der Waals surface area contributed by atoms with Crippen LogP contribution in [0.1, 0.15) is 27.2 Å². The van der Waals surface area contributed by atoms with Crippen molar-refractivity contribution in [2.75, 3.05) is 6.54 Å². The lowest BCUT2D eigenvalue weighted by molar-refractivity contribution is -0.142. The number of hydrogen-bond donors (Lipinski definition) is 3. The predicted molar refractivity (Wildman–Crippen MR) is 87.7 cm³/mol. The summed E-state index contributed by atoms with van der Waals surface area (Å²) in [4.78, 5) is 23.1. The Hall–Kier alpha value is -1.45. The molecule has 0 bridgehead atoms. The van der Waals surface area contributed by atoms with E-state index >= 15 is 0 Å². The molecule has 0 aliphatic heterocycles. The van der Waals surface area contributed by atoms with Crippen LogP contribution < -0.4 is 10.0 Å². The molecule has 2 unspecified atom stereocenters. The number of carbonyl (C=O) groups is 2. The van der Waals surface area contributed by atoms with Gasteiger partial charge in [-0.3, -0.25) is 9.59 Å². The summed E-state index contributed by atoms with van der Waals surface area (Å²) in [7, 11) is -3.74. The van der Waals surface area contributed by atoms with Crippen LogP contribution in [0.2, 0.25) is 0 Å². The molecule has 3 N–H and O–H groups in total. The van der Waals surface area contributed by atoms with Crippen LogP contribution in [0.15, 0.2) is 21.7 Å². The van der Waals surface area contributed by atoms with Crippen molar-refractivity contribution in [3.05, 3.63) is 17.5 Å². The van der Waals surface area contributed by atoms with Crippen molar-refractivity contribution in [1.29, 1.82) is 0 Å². The number of carboxylic acids is 1. The van der Waals surface area contributed by atoms with Crippen molar-refractivity contribution in [3.8, 4) is 0 Å². The summed E-state index contributed by atoms with van der Waals surface area (Å²) in [5.74, 6) is -2.05. The molecule has 23 heavy (non-hydrogen) atoms. The van der Waals surface area contributed by atoms with Gasteiger partial charge in [0.1, 0.15) is 4.21 Å². The van der Waals surface area contributed by atoms with E-state index < -0.39 is 33.9 Å². The topological polar surface area (TPSA) is 113 Å². The zero-order valence-corrected chi connectivity index (χ0v) is 14.9. The van der Waals surface area contributed by atoms with Gasteiger partial charge >= 0.3 is 5.97 Å². The van der Waals surface area contributed by atoms with E-state index in [1.54, 1.807) is 11.4 Å². The molecule has 0 aromatic carbocycles. The van der Waals surface area contributed by atoms with E-state index in [9.17, 15) is 18.0 Å². The second kappa shape index (κ2) is 8.42. The van der Waals surface area contributed by atoms with Gasteiger partial charge in [-0.05, 0) is 30.7 Å². The molecular weight excluding hydrogens is 340 g/mol. The molecule has 0 saturated carbocycles. The van der Waals surface area contributed by atoms with Gasteiger partial charge < -0.3 is 10.4 Å². The van der Waals surface area contributed by atoms with Gasteiger partial charge in [0.25, 0.3) is 10.0 Å². The minimum atomic E-state index is -3.74. The number of nitrogens with one attached hydrogen (secondary N) is 2. The number of rotatable bonds is 9. The van der Waals surface area contributed by atoms with Crippen LogP contribution in [0.25, 0.3) is 0 Å². The number of sulfonamides is 1. The Morgan fingerprint density at radius 2 is 1.96 bits per heavy atom. The Labute approximate surface area is 140 Å². The molecule has 9 heteroatoms. The monoisotopic (exact) mass is 362 g/mol. The number of amides is 1. The molecule has 0 aliphatic carbocycles. The Balaban J connectivity index is 2.58. The highest BCUT2D eigenvalue weighted by Gasteiger charge is 2.25. The number of hydrogen-bond acceptors (Lipinski definition) is 5. The van der Waals surface area contributed by atoms with Crippen molar-refractivity contribution >= 4 is 33.2 Å². The first-order valence-electron chi connectivity index (χ1n) is 7.19. The lowest BCUT2D eigenvalue weighted by Crippen LogP contribution is -2.46. The molecule has 1 rings (SSSR count). The van der Waals surface area contributed by atoms with E-state index in [0.717, 1.165) is 11.3 Å². The van der Waals surface area contributed by atoms with Crippen molar-refractivity contribution in [1.82, 2.24) is 10.0 Å². The smallest absolute Gasteiger partial charge is 0.308 e. The summed E-state index contributed by atoms with van der Waals surface area (Å²) in [6.45, 7) is 5.18. The fourth-order valence-electron chi connectivity index (χ4n) is 1.98. The Kier molecular flexibility index (Phi) is 7.17. The summed E-state index contributed by atoms with van der Waals surface area (Å²) < 4.78 is 26.5. The largest absolute Gasteiger partial charge is 0.481 e. The van der Waals surface area contributed by atoms with Gasteiger partial charge in [0.2, 0.25) is 5.91 Å². The molecule has 7 nitrogen and oxygen atoms in total. The number of carboxylic acid groups (broad SMARTS) is 1. The van der Waals surface area contributed by atoms with Crippen LogP contribution in [0.4, 0.5) is 0 Å². The third-order valence-corrected chi connectivity index (χ3v) is 6.05. The predicted octanol–water partition coefficient (Wildman–Crippen LogP) is 1.28. The second-order valence-corrected chi connectivity index (χ2v) is 8.57. The van der Waals surface area contributed by atoms with Crippen LogP contribution in [-0.2, 0) is 19.6 Å². The van der Waals surface area contributed by atoms with E-state index in [1.165, 1.54) is 13.0 Å². The quantitative estimate of drug-likeness (QED) is 0.612. The van der Waals surface area contributed by atoms with Gasteiger partial charge in [0, 0.05) is 6.54 Å². The zero-order valence-electron chi connectivity index (χ0n) is 13.3. The average molecular weight is 362 g/mol. The SMILES string of the molecule is CC(C)CC(CNC(=O)C(C)NS(=O)(=O)c1cccs1)C(=O)O. The fraction of sp³-hybridized carbons (Fsp3) is 0.571. The van der Waals surface area contributed by atoms with Crippen LogP contribution in [0.3, 0.4) is 0 Å². The highest BCUT2D eigenvalue weighted by atomic mass is 32.2. The Morgan fingerprint density at radius 3 is 2.43 bits per heavy atom. The third kappa shape index (κ3) is 6.28. The maximum atomic E-state index is 12.0. The second-order valence-electron chi connectivity index (χ2n) is 5.68. The lowest BCUT2D eigenvalue weighted by atomic mass is 9.97. The molecule has 0 radical (unpaired) electrons. The van der Waals surface area contributed by atoms with Gasteiger partial charge in [0.05, 0.1) is 12.0 Å². The molecule has 130 valence electrons. The summed E-state index contributed by atoms with van der Waals surface area (Å²) in [5.41, 5.74) is 0. The van der Waals surface area contributed by atoms with E-state index in [-0.39, 0.29) is 16.7 Å². The van der Waals surface area contributed by atoms with E-state index in [4.69, 9.17) is 5.11 Å². The van der Waals surface area contributed by atoms with Crippen molar-refractivity contribution < 1.29 is 23.1 Å². The van der Waals surface area contributed by atoms with Crippen LogP contribution >= 0.6 is 11.3 Å². The van der Waals surface area contributed by atoms with Crippen molar-refractivity contribution in [2.24, 2.45) is 11.8 Å². The minimum Gasteiger partial charge on any atom is -0.481 e. The van der Waals surface area contributed by atoms with Gasteiger partial charge in [-0.25, -0.2) is 8.42 Å².